The number of nitrogens with zero attached hydrogens (tertiary/aromatic N) is 2. The van der Waals surface area contributed by atoms with Crippen LogP contribution in [0.1, 0.15) is 68.1 Å². The average molecular weight is 691 g/mol. The second-order valence-electron chi connectivity index (χ2n) is 13.9. The highest BCUT2D eigenvalue weighted by Gasteiger charge is 2.25. The topological polar surface area (TPSA) is 134 Å². The standard InChI is InChI=1S/C27H37N3O.C15H17N3O2/c31-27(18-10-13-23-11-4-3-5-12-23)28-25-16-8-9-17-26(25)30-21-19-29(20-22-30)24-14-6-1-2-7-15-24;1-9-2-4-12-7-10(3-5-11(12)6-9)8-13(14(16)19)18-15(17)20/h3-5,8-9,11-12,16-17,24H,1-2,6-7,10,13-15,18-22H2,(H,28,31);2-7,13H,8H2,1H3,(H2,16,19)(H3,17,18,20). The molecule has 1 unspecified atom stereocenters. The van der Waals surface area contributed by atoms with Gasteiger partial charge in [0, 0.05) is 45.1 Å². The summed E-state index contributed by atoms with van der Waals surface area (Å²) < 4.78 is 0. The number of anilines is 2. The number of piperazine rings is 1. The molecule has 1 aliphatic carbocycles. The lowest BCUT2D eigenvalue weighted by Gasteiger charge is -2.40. The summed E-state index contributed by atoms with van der Waals surface area (Å²) in [6.07, 6.45) is 11.0. The summed E-state index contributed by atoms with van der Waals surface area (Å²) >= 11 is 0. The lowest BCUT2D eigenvalue weighted by atomic mass is 10.0. The zero-order chi connectivity index (χ0) is 36.0. The summed E-state index contributed by atoms with van der Waals surface area (Å²) in [4.78, 5) is 39.9. The Morgan fingerprint density at radius 3 is 2.14 bits per heavy atom. The summed E-state index contributed by atoms with van der Waals surface area (Å²) in [6.45, 7) is 6.37. The quantitative estimate of drug-likeness (QED) is 0.130. The molecule has 1 atom stereocenters. The first-order valence-electron chi connectivity index (χ1n) is 18.5. The fraction of sp³-hybridized carbons (Fsp3) is 0.405. The third-order valence-electron chi connectivity index (χ3n) is 10.0. The number of nitrogens with two attached hydrogens (primary N) is 2. The molecule has 0 bridgehead atoms. The number of carbonyl (C=O) groups excluding carboxylic acids is 3. The van der Waals surface area contributed by atoms with Crippen molar-refractivity contribution >= 4 is 40.0 Å². The number of aryl methyl sites for hydroxylation is 2. The molecule has 51 heavy (non-hydrogen) atoms. The van der Waals surface area contributed by atoms with E-state index in [0.717, 1.165) is 67.1 Å². The summed E-state index contributed by atoms with van der Waals surface area (Å²) in [5.74, 6) is -0.492. The fourth-order valence-electron chi connectivity index (χ4n) is 7.29. The Bertz CT molecular complexity index is 1730. The molecule has 6 N–H and O–H groups in total. The SMILES string of the molecule is Cc1ccc2cc(CC(NC(N)=O)C(N)=O)ccc2c1.O=C(CCCc1ccccc1)Nc1ccccc1N1CCN(C2CCCCCC2)CC1. The maximum absolute atomic E-state index is 12.6. The van der Waals surface area contributed by atoms with E-state index in [1.807, 2.05) is 55.5 Å². The number of para-hydroxylation sites is 2. The smallest absolute Gasteiger partial charge is 0.312 e. The first-order valence-corrected chi connectivity index (χ1v) is 18.5. The highest BCUT2D eigenvalue weighted by atomic mass is 16.2. The van der Waals surface area contributed by atoms with Crippen molar-refractivity contribution in [3.05, 3.63) is 108 Å². The minimum atomic E-state index is -0.796. The number of carbonyl (C=O) groups is 3. The van der Waals surface area contributed by atoms with Gasteiger partial charge in [0.15, 0.2) is 0 Å². The minimum absolute atomic E-state index is 0.112. The van der Waals surface area contributed by atoms with Gasteiger partial charge >= 0.3 is 6.03 Å². The maximum Gasteiger partial charge on any atom is 0.312 e. The largest absolute Gasteiger partial charge is 0.368 e. The third-order valence-corrected chi connectivity index (χ3v) is 10.0. The number of hydrogen-bond donors (Lipinski definition) is 4. The molecule has 0 aromatic heterocycles. The zero-order valence-electron chi connectivity index (χ0n) is 30.0. The van der Waals surface area contributed by atoms with Crippen molar-refractivity contribution < 1.29 is 14.4 Å². The molecule has 2 fully saturated rings. The van der Waals surface area contributed by atoms with Gasteiger partial charge in [0.2, 0.25) is 11.8 Å². The molecule has 270 valence electrons. The number of rotatable bonds is 11. The van der Waals surface area contributed by atoms with E-state index in [9.17, 15) is 14.4 Å². The van der Waals surface area contributed by atoms with Gasteiger partial charge < -0.3 is 27.0 Å². The molecule has 1 saturated carbocycles. The van der Waals surface area contributed by atoms with Crippen LogP contribution >= 0.6 is 0 Å². The van der Waals surface area contributed by atoms with Gasteiger partial charge in [0.05, 0.1) is 11.4 Å². The Balaban J connectivity index is 0.000000218. The molecular formula is C42H54N6O3. The molecule has 0 radical (unpaired) electrons. The Kier molecular flexibility index (Phi) is 13.9. The van der Waals surface area contributed by atoms with Crippen LogP contribution in [-0.4, -0.2) is 61.0 Å². The van der Waals surface area contributed by atoms with Crippen molar-refractivity contribution in [3.8, 4) is 0 Å². The third kappa shape index (κ3) is 11.6. The van der Waals surface area contributed by atoms with E-state index in [1.165, 1.54) is 55.3 Å². The van der Waals surface area contributed by atoms with Crippen molar-refractivity contribution in [2.24, 2.45) is 11.5 Å². The van der Waals surface area contributed by atoms with Crippen molar-refractivity contribution in [2.75, 3.05) is 36.4 Å². The van der Waals surface area contributed by atoms with Crippen LogP contribution in [0, 0.1) is 6.92 Å². The van der Waals surface area contributed by atoms with Gasteiger partial charge in [-0.2, -0.15) is 0 Å². The monoisotopic (exact) mass is 690 g/mol. The first kappa shape index (κ1) is 37.4. The summed E-state index contributed by atoms with van der Waals surface area (Å²) in [5, 5.41) is 7.74. The predicted octanol–water partition coefficient (Wildman–Crippen LogP) is 6.71. The Morgan fingerprint density at radius 2 is 1.43 bits per heavy atom. The van der Waals surface area contributed by atoms with Gasteiger partial charge in [0.1, 0.15) is 6.04 Å². The van der Waals surface area contributed by atoms with Crippen LogP contribution in [0.2, 0.25) is 0 Å². The van der Waals surface area contributed by atoms with E-state index < -0.39 is 18.0 Å². The fourth-order valence-corrected chi connectivity index (χ4v) is 7.29. The van der Waals surface area contributed by atoms with Crippen LogP contribution in [-0.2, 0) is 22.4 Å². The Morgan fingerprint density at radius 1 is 0.765 bits per heavy atom. The van der Waals surface area contributed by atoms with E-state index in [0.29, 0.717) is 12.8 Å². The molecule has 4 amide bonds. The van der Waals surface area contributed by atoms with Crippen LogP contribution in [0.5, 0.6) is 0 Å². The van der Waals surface area contributed by atoms with Gasteiger partial charge in [-0.3, -0.25) is 14.5 Å². The van der Waals surface area contributed by atoms with E-state index in [4.69, 9.17) is 11.5 Å². The normalized spacial score (nSPS) is 16.0. The highest BCUT2D eigenvalue weighted by Crippen LogP contribution is 2.29. The molecule has 9 nitrogen and oxygen atoms in total. The van der Waals surface area contributed by atoms with E-state index in [2.05, 4.69) is 62.9 Å². The molecule has 2 aliphatic rings. The number of fused-ring (bicyclic) bond motifs is 1. The van der Waals surface area contributed by atoms with Gasteiger partial charge in [0.25, 0.3) is 0 Å². The minimum Gasteiger partial charge on any atom is -0.368 e. The Hall–Kier alpha value is -4.89. The van der Waals surface area contributed by atoms with Crippen molar-refractivity contribution in [1.82, 2.24) is 10.2 Å². The summed E-state index contributed by atoms with van der Waals surface area (Å²) in [7, 11) is 0. The lowest BCUT2D eigenvalue weighted by Crippen LogP contribution is -2.50. The number of urea groups is 1. The van der Waals surface area contributed by atoms with Gasteiger partial charge in [-0.15, -0.1) is 0 Å². The first-order chi connectivity index (χ1) is 24.7. The lowest BCUT2D eigenvalue weighted by molar-refractivity contribution is -0.119. The van der Waals surface area contributed by atoms with Crippen LogP contribution in [0.15, 0.2) is 91.0 Å². The number of amides is 4. The molecule has 1 aliphatic heterocycles. The number of primary amides is 2. The van der Waals surface area contributed by atoms with Crippen LogP contribution in [0.25, 0.3) is 10.8 Å². The van der Waals surface area contributed by atoms with Crippen LogP contribution < -0.4 is 27.0 Å². The molecule has 0 spiro atoms. The number of nitrogens with one attached hydrogen (secondary N) is 2. The molecule has 9 heteroatoms. The molecule has 1 saturated heterocycles. The molecular weight excluding hydrogens is 637 g/mol. The summed E-state index contributed by atoms with van der Waals surface area (Å²) in [6, 6.07) is 29.9. The van der Waals surface area contributed by atoms with Crippen LogP contribution in [0.3, 0.4) is 0 Å². The molecule has 4 aromatic rings. The average Bonchev–Trinajstić information content (AvgIpc) is 3.42. The van der Waals surface area contributed by atoms with Crippen molar-refractivity contribution in [3.63, 3.8) is 0 Å². The van der Waals surface area contributed by atoms with Crippen molar-refractivity contribution in [1.29, 1.82) is 0 Å². The predicted molar refractivity (Wildman–Crippen MR) is 208 cm³/mol. The maximum atomic E-state index is 12.6. The number of hydrogen-bond acceptors (Lipinski definition) is 5. The zero-order valence-corrected chi connectivity index (χ0v) is 30.0. The highest BCUT2D eigenvalue weighted by molar-refractivity contribution is 5.94. The van der Waals surface area contributed by atoms with Gasteiger partial charge in [-0.1, -0.05) is 110 Å². The Labute approximate surface area is 302 Å². The van der Waals surface area contributed by atoms with E-state index >= 15 is 0 Å². The molecule has 1 heterocycles. The second-order valence-corrected chi connectivity index (χ2v) is 13.9. The number of benzene rings is 4. The molecule has 4 aromatic carbocycles. The van der Waals surface area contributed by atoms with Crippen LogP contribution in [0.4, 0.5) is 16.2 Å². The van der Waals surface area contributed by atoms with E-state index in [-0.39, 0.29) is 5.91 Å². The second kappa shape index (κ2) is 18.9. The van der Waals surface area contributed by atoms with E-state index in [1.54, 1.807) is 0 Å². The molecule has 6 rings (SSSR count). The van der Waals surface area contributed by atoms with Gasteiger partial charge in [-0.25, -0.2) is 4.79 Å². The summed E-state index contributed by atoms with van der Waals surface area (Å²) in [5.41, 5.74) is 15.8. The van der Waals surface area contributed by atoms with Gasteiger partial charge in [-0.05, 0) is 66.6 Å². The van der Waals surface area contributed by atoms with Crippen molar-refractivity contribution in [2.45, 2.75) is 83.2 Å².